The zero-order chi connectivity index (χ0) is 16.7. The minimum Gasteiger partial charge on any atom is -0.497 e. The molecule has 0 aliphatic rings. The molecule has 8 heteroatoms. The van der Waals surface area contributed by atoms with Crippen LogP contribution in [0.4, 0.5) is 4.79 Å². The molecule has 2 N–H and O–H groups in total. The number of benzene rings is 1. The first-order valence-corrected chi connectivity index (χ1v) is 7.08. The first-order chi connectivity index (χ1) is 10.4. The Kier molecular flexibility index (Phi) is 6.84. The van der Waals surface area contributed by atoms with Crippen LogP contribution in [0.5, 0.6) is 11.5 Å². The van der Waals surface area contributed by atoms with Crippen molar-refractivity contribution in [1.82, 2.24) is 15.2 Å². The maximum absolute atomic E-state index is 12.2. The lowest BCUT2D eigenvalue weighted by atomic mass is 10.2. The van der Waals surface area contributed by atoms with E-state index in [9.17, 15) is 9.59 Å². The lowest BCUT2D eigenvalue weighted by Gasteiger charge is -2.19. The van der Waals surface area contributed by atoms with Crippen molar-refractivity contribution in [3.63, 3.8) is 0 Å². The van der Waals surface area contributed by atoms with Gasteiger partial charge in [0.05, 0.1) is 19.8 Å². The molecule has 0 heterocycles. The van der Waals surface area contributed by atoms with E-state index in [-0.39, 0.29) is 5.56 Å². The van der Waals surface area contributed by atoms with Gasteiger partial charge in [-0.2, -0.15) is 4.41 Å². The molecule has 0 saturated carbocycles. The highest BCUT2D eigenvalue weighted by atomic mass is 32.1. The molecule has 0 aliphatic carbocycles. The number of rotatable bonds is 5. The Bertz CT molecular complexity index is 537. The third-order valence-corrected chi connectivity index (χ3v) is 3.00. The van der Waals surface area contributed by atoms with Gasteiger partial charge in [-0.15, -0.1) is 0 Å². The van der Waals surface area contributed by atoms with Gasteiger partial charge >= 0.3 is 6.03 Å². The highest BCUT2D eigenvalue weighted by Gasteiger charge is 2.18. The summed E-state index contributed by atoms with van der Waals surface area (Å²) in [5.41, 5.74) is 2.62. The van der Waals surface area contributed by atoms with Gasteiger partial charge in [-0.05, 0) is 30.9 Å². The maximum atomic E-state index is 12.2. The normalized spacial score (nSPS) is 10.1. The van der Waals surface area contributed by atoms with E-state index in [0.29, 0.717) is 24.0 Å². The molecule has 0 fully saturated rings. The van der Waals surface area contributed by atoms with Gasteiger partial charge in [-0.25, -0.2) is 10.2 Å². The Balaban J connectivity index is 2.74. The number of amides is 3. The molecule has 0 radical (unpaired) electrons. The number of urea groups is 1. The molecular formula is C14H21N3O4S. The minimum absolute atomic E-state index is 0.263. The highest BCUT2D eigenvalue weighted by molar-refractivity contribution is 7.78. The van der Waals surface area contributed by atoms with Gasteiger partial charge < -0.3 is 14.8 Å². The number of thiol groups is 1. The number of nitrogens with one attached hydrogen (secondary N) is 2. The fourth-order valence-electron chi connectivity index (χ4n) is 1.56. The molecule has 7 nitrogen and oxygen atoms in total. The van der Waals surface area contributed by atoms with Crippen LogP contribution in [0.1, 0.15) is 24.2 Å². The zero-order valence-electron chi connectivity index (χ0n) is 13.0. The van der Waals surface area contributed by atoms with Gasteiger partial charge in [0, 0.05) is 12.6 Å². The summed E-state index contributed by atoms with van der Waals surface area (Å²) in [5, 5.41) is 2.63. The van der Waals surface area contributed by atoms with E-state index < -0.39 is 11.9 Å². The largest absolute Gasteiger partial charge is 0.497 e. The van der Waals surface area contributed by atoms with Crippen LogP contribution < -0.4 is 20.2 Å². The van der Waals surface area contributed by atoms with Gasteiger partial charge in [0.15, 0.2) is 0 Å². The number of hydrogen-bond donors (Lipinski definition) is 3. The third kappa shape index (κ3) is 5.03. The number of nitrogens with zero attached hydrogens (tertiary/aromatic N) is 1. The van der Waals surface area contributed by atoms with Crippen LogP contribution in [0.25, 0.3) is 0 Å². The second-order valence-electron chi connectivity index (χ2n) is 4.90. The van der Waals surface area contributed by atoms with E-state index in [0.717, 1.165) is 4.41 Å². The molecule has 0 spiro atoms. The Morgan fingerprint density at radius 2 is 1.95 bits per heavy atom. The number of hydrazine groups is 1. The van der Waals surface area contributed by atoms with E-state index in [1.54, 1.807) is 18.2 Å². The number of carbonyl (C=O) groups excluding carboxylic acids is 2. The minimum atomic E-state index is -0.519. The summed E-state index contributed by atoms with van der Waals surface area (Å²) in [5.74, 6) is 0.671. The summed E-state index contributed by atoms with van der Waals surface area (Å²) >= 11 is 3.94. The number of hydrogen-bond acceptors (Lipinski definition) is 5. The van der Waals surface area contributed by atoms with Crippen molar-refractivity contribution in [2.45, 2.75) is 13.8 Å². The van der Waals surface area contributed by atoms with E-state index in [1.165, 1.54) is 14.2 Å². The van der Waals surface area contributed by atoms with E-state index in [2.05, 4.69) is 23.6 Å². The third-order valence-electron chi connectivity index (χ3n) is 2.71. The smallest absolute Gasteiger partial charge is 0.346 e. The maximum Gasteiger partial charge on any atom is 0.346 e. The molecule has 1 aromatic rings. The molecule has 22 heavy (non-hydrogen) atoms. The van der Waals surface area contributed by atoms with Crippen molar-refractivity contribution in [3.8, 4) is 11.5 Å². The van der Waals surface area contributed by atoms with Gasteiger partial charge in [-0.3, -0.25) is 4.79 Å². The van der Waals surface area contributed by atoms with Gasteiger partial charge in [0.2, 0.25) is 0 Å². The molecule has 1 rings (SSSR count). The highest BCUT2D eigenvalue weighted by Crippen LogP contribution is 2.24. The van der Waals surface area contributed by atoms with Crippen LogP contribution in [0.15, 0.2) is 18.2 Å². The lowest BCUT2D eigenvalue weighted by molar-refractivity contribution is 0.0895. The summed E-state index contributed by atoms with van der Waals surface area (Å²) < 4.78 is 11.0. The van der Waals surface area contributed by atoms with E-state index in [4.69, 9.17) is 9.47 Å². The van der Waals surface area contributed by atoms with Crippen molar-refractivity contribution in [2.75, 3.05) is 20.8 Å². The summed E-state index contributed by atoms with van der Waals surface area (Å²) in [4.78, 5) is 23.9. The predicted molar refractivity (Wildman–Crippen MR) is 86.1 cm³/mol. The zero-order valence-corrected chi connectivity index (χ0v) is 13.9. The SMILES string of the molecule is COc1ccc(C(=O)NN(S)C(=O)NCC(C)C)c(OC)c1. The fourth-order valence-corrected chi connectivity index (χ4v) is 1.72. The molecule has 0 bridgehead atoms. The standard InChI is InChI=1S/C14H21N3O4S/c1-9(2)8-15-14(19)17(22)16-13(18)11-6-5-10(20-3)7-12(11)21-4/h5-7,9,22H,8H2,1-4H3,(H,15,19)(H,16,18). The molecule has 0 unspecified atom stereocenters. The number of ether oxygens (including phenoxy) is 2. The van der Waals surface area contributed by atoms with Crippen LogP contribution in [0.3, 0.4) is 0 Å². The van der Waals surface area contributed by atoms with Crippen LogP contribution in [0.2, 0.25) is 0 Å². The first-order valence-electron chi connectivity index (χ1n) is 6.68. The molecule has 0 aromatic heterocycles. The van der Waals surface area contributed by atoms with E-state index >= 15 is 0 Å². The van der Waals surface area contributed by atoms with Crippen LogP contribution >= 0.6 is 12.8 Å². The second kappa shape index (κ2) is 8.38. The molecule has 0 atom stereocenters. The first kappa shape index (κ1) is 18.0. The summed E-state index contributed by atoms with van der Waals surface area (Å²) in [6.45, 7) is 4.41. The summed E-state index contributed by atoms with van der Waals surface area (Å²) in [7, 11) is 2.96. The van der Waals surface area contributed by atoms with Crippen molar-refractivity contribution in [1.29, 1.82) is 0 Å². The van der Waals surface area contributed by atoms with Crippen LogP contribution in [-0.2, 0) is 0 Å². The second-order valence-corrected chi connectivity index (χ2v) is 5.30. The van der Waals surface area contributed by atoms with Crippen molar-refractivity contribution in [3.05, 3.63) is 23.8 Å². The van der Waals surface area contributed by atoms with Crippen molar-refractivity contribution >= 4 is 24.8 Å². The lowest BCUT2D eigenvalue weighted by Crippen LogP contribution is -2.46. The molecule has 122 valence electrons. The van der Waals surface area contributed by atoms with Crippen LogP contribution in [-0.4, -0.2) is 37.1 Å². The molecule has 1 aromatic carbocycles. The summed E-state index contributed by atoms with van der Waals surface area (Å²) in [6, 6.07) is 4.23. The molecule has 0 saturated heterocycles. The van der Waals surface area contributed by atoms with Crippen LogP contribution in [0, 0.1) is 5.92 Å². The Morgan fingerprint density at radius 3 is 2.50 bits per heavy atom. The van der Waals surface area contributed by atoms with Gasteiger partial charge in [-0.1, -0.05) is 13.8 Å². The molecule has 0 aliphatic heterocycles. The van der Waals surface area contributed by atoms with Gasteiger partial charge in [0.25, 0.3) is 5.91 Å². The summed E-state index contributed by atoms with van der Waals surface area (Å²) in [6.07, 6.45) is 0. The monoisotopic (exact) mass is 327 g/mol. The topological polar surface area (TPSA) is 79.9 Å². The molecule has 3 amide bonds. The Hall–Kier alpha value is -2.09. The van der Waals surface area contributed by atoms with Gasteiger partial charge in [0.1, 0.15) is 11.5 Å². The average Bonchev–Trinajstić information content (AvgIpc) is 2.51. The van der Waals surface area contributed by atoms with Crippen molar-refractivity contribution in [2.24, 2.45) is 5.92 Å². The quantitative estimate of drug-likeness (QED) is 0.570. The van der Waals surface area contributed by atoms with Crippen molar-refractivity contribution < 1.29 is 19.1 Å². The Morgan fingerprint density at radius 1 is 1.27 bits per heavy atom. The Labute approximate surface area is 135 Å². The number of methoxy groups -OCH3 is 2. The predicted octanol–water partition coefficient (Wildman–Crippen LogP) is 1.86. The van der Waals surface area contributed by atoms with E-state index in [1.807, 2.05) is 13.8 Å². The fraction of sp³-hybridized carbons (Fsp3) is 0.429. The average molecular weight is 327 g/mol. The molecular weight excluding hydrogens is 306 g/mol. The number of carbonyl (C=O) groups is 2.